The van der Waals surface area contributed by atoms with Crippen molar-refractivity contribution < 1.29 is 0 Å². The molecule has 2 heteroatoms. The fourth-order valence-electron chi connectivity index (χ4n) is 2.86. The lowest BCUT2D eigenvalue weighted by atomic mass is 10.2. The Hall–Kier alpha value is -0.346. The van der Waals surface area contributed by atoms with Crippen LogP contribution in [0, 0.1) is 0 Å². The van der Waals surface area contributed by atoms with Gasteiger partial charge in [0, 0.05) is 0 Å². The maximum atomic E-state index is 2.42. The van der Waals surface area contributed by atoms with Crippen molar-refractivity contribution in [1.82, 2.24) is 0 Å². The van der Waals surface area contributed by atoms with E-state index in [4.69, 9.17) is 0 Å². The molecule has 0 saturated heterocycles. The van der Waals surface area contributed by atoms with Gasteiger partial charge in [0.1, 0.15) is 0 Å². The summed E-state index contributed by atoms with van der Waals surface area (Å²) in [6.45, 7) is 14.5. The Labute approximate surface area is 122 Å². The highest BCUT2D eigenvalue weighted by molar-refractivity contribution is 6.88. The van der Waals surface area contributed by atoms with E-state index in [1.54, 1.807) is 10.8 Å². The Morgan fingerprint density at radius 3 is 1.63 bits per heavy atom. The molecule has 0 saturated carbocycles. The number of hydrogen-bond donors (Lipinski definition) is 0. The lowest BCUT2D eigenvalue weighted by Gasteiger charge is -2.28. The second-order valence-corrected chi connectivity index (χ2v) is 17.7. The van der Waals surface area contributed by atoms with Gasteiger partial charge in [-0.15, -0.1) is 0 Å². The van der Waals surface area contributed by atoms with Gasteiger partial charge < -0.3 is 0 Å². The van der Waals surface area contributed by atoms with E-state index in [2.05, 4.69) is 64.7 Å². The third kappa shape index (κ3) is 4.60. The average molecular weight is 293 g/mol. The molecule has 0 aromatic heterocycles. The maximum Gasteiger partial charge on any atom is 0.0775 e. The van der Waals surface area contributed by atoms with E-state index in [9.17, 15) is 0 Å². The topological polar surface area (TPSA) is 0 Å². The average Bonchev–Trinajstić information content (AvgIpc) is 2.40. The molecule has 0 heterocycles. The Bertz CT molecular complexity index is 361. The zero-order valence-corrected chi connectivity index (χ0v) is 15.8. The summed E-state index contributed by atoms with van der Waals surface area (Å²) in [7, 11) is -2.07. The molecule has 1 aromatic rings. The van der Waals surface area contributed by atoms with Gasteiger partial charge in [-0.05, 0) is 12.0 Å². The van der Waals surface area contributed by atoms with E-state index in [-0.39, 0.29) is 0 Å². The van der Waals surface area contributed by atoms with E-state index in [1.165, 1.54) is 30.6 Å². The second kappa shape index (κ2) is 6.89. The van der Waals surface area contributed by atoms with Gasteiger partial charge in [-0.2, -0.15) is 0 Å². The molecule has 0 aliphatic heterocycles. The van der Waals surface area contributed by atoms with Gasteiger partial charge in [0.2, 0.25) is 0 Å². The first-order chi connectivity index (χ1) is 8.87. The van der Waals surface area contributed by atoms with Gasteiger partial charge in [0.05, 0.1) is 16.1 Å². The van der Waals surface area contributed by atoms with Crippen molar-refractivity contribution in [2.45, 2.75) is 71.0 Å². The highest BCUT2D eigenvalue weighted by Gasteiger charge is 2.25. The van der Waals surface area contributed by atoms with Crippen LogP contribution in [0.15, 0.2) is 24.3 Å². The van der Waals surface area contributed by atoms with Crippen molar-refractivity contribution in [3.63, 3.8) is 0 Å². The first-order valence-corrected chi connectivity index (χ1v) is 14.3. The van der Waals surface area contributed by atoms with Gasteiger partial charge in [0.15, 0.2) is 0 Å². The monoisotopic (exact) mass is 292 g/mol. The molecule has 0 nitrogen and oxygen atoms in total. The lowest BCUT2D eigenvalue weighted by molar-refractivity contribution is 1.02. The third-order valence-electron chi connectivity index (χ3n) is 5.01. The van der Waals surface area contributed by atoms with E-state index < -0.39 is 16.1 Å². The van der Waals surface area contributed by atoms with Crippen molar-refractivity contribution in [1.29, 1.82) is 0 Å². The molecule has 0 aliphatic carbocycles. The molecule has 19 heavy (non-hydrogen) atoms. The fourth-order valence-corrected chi connectivity index (χ4v) is 7.41. The summed E-state index contributed by atoms with van der Waals surface area (Å²) in [5, 5.41) is 1.58. The van der Waals surface area contributed by atoms with Gasteiger partial charge in [-0.25, -0.2) is 0 Å². The predicted octanol–water partition coefficient (Wildman–Crippen LogP) is 5.28. The number of benzene rings is 1. The van der Waals surface area contributed by atoms with Crippen molar-refractivity contribution in [3.05, 3.63) is 29.8 Å². The van der Waals surface area contributed by atoms with Crippen molar-refractivity contribution in [2.75, 3.05) is 0 Å². The van der Waals surface area contributed by atoms with Crippen molar-refractivity contribution in [2.24, 2.45) is 0 Å². The van der Waals surface area contributed by atoms with E-state index in [0.29, 0.717) is 0 Å². The van der Waals surface area contributed by atoms with Gasteiger partial charge in [0.25, 0.3) is 0 Å². The van der Waals surface area contributed by atoms with Gasteiger partial charge in [-0.1, -0.05) is 94.0 Å². The fraction of sp³-hybridized carbons (Fsp3) is 0.647. The smallest absolute Gasteiger partial charge is 0.0678 e. The maximum absolute atomic E-state index is 2.42. The summed E-state index contributed by atoms with van der Waals surface area (Å²) in [6, 6.07) is 15.4. The largest absolute Gasteiger partial charge is 0.0775 e. The molecule has 0 bridgehead atoms. The molecule has 0 unspecified atom stereocenters. The Balaban J connectivity index is 2.69. The van der Waals surface area contributed by atoms with Crippen LogP contribution in [-0.2, 0) is 6.42 Å². The summed E-state index contributed by atoms with van der Waals surface area (Å²) in [5.41, 5.74) is 1.55. The minimum atomic E-state index is -1.13. The molecule has 0 aliphatic rings. The lowest BCUT2D eigenvalue weighted by Crippen LogP contribution is -2.37. The van der Waals surface area contributed by atoms with Crippen LogP contribution >= 0.6 is 0 Å². The molecule has 1 aromatic carbocycles. The number of hydrogen-bond acceptors (Lipinski definition) is 0. The van der Waals surface area contributed by atoms with Gasteiger partial charge >= 0.3 is 0 Å². The first kappa shape index (κ1) is 16.7. The molecule has 0 amide bonds. The van der Waals surface area contributed by atoms with Crippen molar-refractivity contribution >= 4 is 21.3 Å². The van der Waals surface area contributed by atoms with Crippen LogP contribution in [0.5, 0.6) is 0 Å². The molecule has 0 radical (unpaired) electrons. The van der Waals surface area contributed by atoms with Crippen LogP contribution in [-0.4, -0.2) is 16.1 Å². The molecular weight excluding hydrogens is 260 g/mol. The number of rotatable bonds is 7. The predicted molar refractivity (Wildman–Crippen MR) is 95.1 cm³/mol. The SMILES string of the molecule is CC[Si](CC)(CC)CCc1ccc([Si](C)(C)C)cc1. The highest BCUT2D eigenvalue weighted by Crippen LogP contribution is 2.26. The summed E-state index contributed by atoms with van der Waals surface area (Å²) in [4.78, 5) is 0. The second-order valence-electron chi connectivity index (χ2n) is 7.01. The normalized spacial score (nSPS) is 12.7. The molecular formula is C17H32Si2. The first-order valence-electron chi connectivity index (χ1n) is 7.96. The van der Waals surface area contributed by atoms with E-state index in [1.807, 2.05) is 0 Å². The molecule has 0 spiro atoms. The molecule has 1 rings (SSSR count). The van der Waals surface area contributed by atoms with Crippen LogP contribution in [0.4, 0.5) is 0 Å². The van der Waals surface area contributed by atoms with Crippen LogP contribution < -0.4 is 5.19 Å². The zero-order chi connectivity index (χ0) is 14.5. The van der Waals surface area contributed by atoms with Crippen molar-refractivity contribution in [3.8, 4) is 0 Å². The molecule has 0 N–H and O–H groups in total. The van der Waals surface area contributed by atoms with Crippen LogP contribution in [0.3, 0.4) is 0 Å². The minimum Gasteiger partial charge on any atom is -0.0678 e. The summed E-state index contributed by atoms with van der Waals surface area (Å²) < 4.78 is 0. The summed E-state index contributed by atoms with van der Waals surface area (Å²) in [6.07, 6.45) is 1.30. The molecule has 0 atom stereocenters. The third-order valence-corrected chi connectivity index (χ3v) is 12.9. The summed E-state index contributed by atoms with van der Waals surface area (Å²) in [5.74, 6) is 0. The number of aryl methyl sites for hydroxylation is 1. The standard InChI is InChI=1S/C17H32Si2/c1-7-19(8-2,9-3)15-14-16-10-12-17(13-11-16)18(4,5)6/h10-13H,7-9,14-15H2,1-6H3. The minimum absolute atomic E-state index is 0.942. The Morgan fingerprint density at radius 2 is 1.26 bits per heavy atom. The van der Waals surface area contributed by atoms with Crippen LogP contribution in [0.2, 0.25) is 43.8 Å². The quantitative estimate of drug-likeness (QED) is 0.600. The molecule has 108 valence electrons. The zero-order valence-electron chi connectivity index (χ0n) is 13.8. The van der Waals surface area contributed by atoms with E-state index in [0.717, 1.165) is 0 Å². The molecule has 0 fully saturated rings. The van der Waals surface area contributed by atoms with Crippen LogP contribution in [0.1, 0.15) is 26.3 Å². The van der Waals surface area contributed by atoms with E-state index >= 15 is 0 Å². The van der Waals surface area contributed by atoms with Gasteiger partial charge in [-0.3, -0.25) is 0 Å². The summed E-state index contributed by atoms with van der Waals surface area (Å²) >= 11 is 0. The Kier molecular flexibility index (Phi) is 6.06. The van der Waals surface area contributed by atoms with Crippen LogP contribution in [0.25, 0.3) is 0 Å². The highest BCUT2D eigenvalue weighted by atomic mass is 28.3. The Morgan fingerprint density at radius 1 is 0.789 bits per heavy atom.